The van der Waals surface area contributed by atoms with Crippen molar-refractivity contribution < 1.29 is 22.9 Å². The SMILES string of the molecule is CCNC(=O)c1cn2c3cc4oc5cc([N+](=O)[O-])ccc5[nH]c4cc3oc3c(NCCN4CCCC4)c(F)cc(c1=O)c32. The lowest BCUT2D eigenvalue weighted by Crippen LogP contribution is -2.29. The van der Waals surface area contributed by atoms with Crippen LogP contribution in [0.2, 0.25) is 0 Å². The molecule has 1 amide bonds. The summed E-state index contributed by atoms with van der Waals surface area (Å²) in [7, 11) is 0. The molecule has 0 bridgehead atoms. The third kappa shape index (κ3) is 4.48. The van der Waals surface area contributed by atoms with Crippen molar-refractivity contribution in [3.63, 3.8) is 0 Å². The number of nitro benzene ring substituents is 1. The summed E-state index contributed by atoms with van der Waals surface area (Å²) in [5.41, 5.74) is 2.07. The summed E-state index contributed by atoms with van der Waals surface area (Å²) in [6.07, 6.45) is 3.70. The summed E-state index contributed by atoms with van der Waals surface area (Å²) < 4.78 is 29.7. The average Bonchev–Trinajstić information content (AvgIpc) is 3.51. The van der Waals surface area contributed by atoms with Crippen LogP contribution >= 0.6 is 0 Å². The van der Waals surface area contributed by atoms with Gasteiger partial charge in [-0.15, -0.1) is 0 Å². The van der Waals surface area contributed by atoms with Gasteiger partial charge in [-0.1, -0.05) is 0 Å². The predicted octanol–water partition coefficient (Wildman–Crippen LogP) is 5.29. The Kier molecular flexibility index (Phi) is 6.38. The minimum absolute atomic E-state index is 0.00951. The standard InChI is InChI=1S/C30H27FN6O6/c1-2-32-30(39)18-15-36-22-14-24-21(34-20-6-5-16(37(40)41)11-23(20)42-24)13-25(22)43-29-26(33-7-10-35-8-3-4-9-35)19(31)12-17(27(29)36)28(18)38/h5-6,11-15,33-34H,2-4,7-10H2,1H3,(H,32,39). The fourth-order valence-corrected chi connectivity index (χ4v) is 5.83. The molecule has 1 saturated heterocycles. The second kappa shape index (κ2) is 10.3. The highest BCUT2D eigenvalue weighted by atomic mass is 19.1. The zero-order valence-electron chi connectivity index (χ0n) is 23.2. The van der Waals surface area contributed by atoms with Gasteiger partial charge in [0.05, 0.1) is 32.9 Å². The zero-order valence-corrected chi connectivity index (χ0v) is 23.2. The lowest BCUT2D eigenvalue weighted by molar-refractivity contribution is -0.384. The molecule has 43 heavy (non-hydrogen) atoms. The summed E-state index contributed by atoms with van der Waals surface area (Å²) >= 11 is 0. The summed E-state index contributed by atoms with van der Waals surface area (Å²) in [5, 5.41) is 17.1. The first-order valence-corrected chi connectivity index (χ1v) is 14.1. The maximum absolute atomic E-state index is 15.7. The van der Waals surface area contributed by atoms with E-state index in [0.717, 1.165) is 38.5 Å². The van der Waals surface area contributed by atoms with E-state index in [1.807, 2.05) is 0 Å². The van der Waals surface area contributed by atoms with Crippen molar-refractivity contribution >= 4 is 67.1 Å². The number of nitrogens with zero attached hydrogens (tertiary/aromatic N) is 3. The van der Waals surface area contributed by atoms with Crippen LogP contribution < -0.4 is 16.1 Å². The van der Waals surface area contributed by atoms with Crippen LogP contribution in [0.5, 0.6) is 0 Å². The van der Waals surface area contributed by atoms with Crippen molar-refractivity contribution in [1.82, 2.24) is 19.6 Å². The number of nitro groups is 1. The summed E-state index contributed by atoms with van der Waals surface area (Å²) in [4.78, 5) is 42.7. The monoisotopic (exact) mass is 586 g/mol. The Hall–Kier alpha value is -5.17. The molecule has 0 saturated carbocycles. The van der Waals surface area contributed by atoms with Gasteiger partial charge in [0, 0.05) is 44.0 Å². The number of fused-ring (bicyclic) bond motifs is 4. The number of carbonyl (C=O) groups is 1. The topological polar surface area (TPSA) is 151 Å². The molecule has 12 nitrogen and oxygen atoms in total. The van der Waals surface area contributed by atoms with Gasteiger partial charge in [-0.05, 0) is 45.0 Å². The number of hydrogen-bond acceptors (Lipinski definition) is 8. The Morgan fingerprint density at radius 1 is 1.09 bits per heavy atom. The Bertz CT molecular complexity index is 2190. The van der Waals surface area contributed by atoms with E-state index in [0.29, 0.717) is 46.3 Å². The van der Waals surface area contributed by atoms with Crippen LogP contribution in [0.25, 0.3) is 49.8 Å². The smallest absolute Gasteiger partial charge is 0.273 e. The molecule has 7 rings (SSSR count). The van der Waals surface area contributed by atoms with E-state index in [1.54, 1.807) is 29.5 Å². The molecule has 0 radical (unpaired) electrons. The molecule has 0 unspecified atom stereocenters. The van der Waals surface area contributed by atoms with Crippen LogP contribution in [0.1, 0.15) is 30.1 Å². The van der Waals surface area contributed by atoms with Gasteiger partial charge in [-0.2, -0.15) is 0 Å². The maximum Gasteiger partial charge on any atom is 0.273 e. The van der Waals surface area contributed by atoms with Gasteiger partial charge in [0.15, 0.2) is 28.1 Å². The third-order valence-electron chi connectivity index (χ3n) is 7.90. The van der Waals surface area contributed by atoms with Gasteiger partial charge >= 0.3 is 0 Å². The van der Waals surface area contributed by atoms with Crippen molar-refractivity contribution in [2.24, 2.45) is 0 Å². The number of rotatable bonds is 7. The molecule has 3 aromatic heterocycles. The summed E-state index contributed by atoms with van der Waals surface area (Å²) in [6.45, 7) is 5.22. The predicted molar refractivity (Wildman–Crippen MR) is 160 cm³/mol. The van der Waals surface area contributed by atoms with Crippen LogP contribution in [-0.4, -0.2) is 57.8 Å². The maximum atomic E-state index is 15.7. The largest absolute Gasteiger partial charge is 0.453 e. The number of anilines is 1. The van der Waals surface area contributed by atoms with E-state index in [1.165, 1.54) is 18.3 Å². The minimum Gasteiger partial charge on any atom is -0.453 e. The van der Waals surface area contributed by atoms with Crippen LogP contribution in [-0.2, 0) is 0 Å². The lowest BCUT2D eigenvalue weighted by Gasteiger charge is -2.18. The van der Waals surface area contributed by atoms with Crippen LogP contribution in [0, 0.1) is 15.9 Å². The van der Waals surface area contributed by atoms with Crippen molar-refractivity contribution in [2.45, 2.75) is 19.8 Å². The van der Waals surface area contributed by atoms with Gasteiger partial charge in [0.1, 0.15) is 16.8 Å². The van der Waals surface area contributed by atoms with Gasteiger partial charge in [0.2, 0.25) is 5.43 Å². The molecule has 0 aliphatic carbocycles. The molecule has 0 spiro atoms. The fraction of sp³-hybridized carbons (Fsp3) is 0.267. The number of hydrogen-bond donors (Lipinski definition) is 3. The number of amides is 1. The Balaban J connectivity index is 1.50. The molecule has 3 N–H and O–H groups in total. The first-order chi connectivity index (χ1) is 20.8. The highest BCUT2D eigenvalue weighted by Gasteiger charge is 2.23. The number of nitrogens with one attached hydrogen (secondary N) is 3. The first-order valence-electron chi connectivity index (χ1n) is 14.1. The summed E-state index contributed by atoms with van der Waals surface area (Å²) in [6, 6.07) is 8.70. The Morgan fingerprint density at radius 3 is 2.65 bits per heavy atom. The molecule has 1 aliphatic rings. The number of halogens is 1. The fourth-order valence-electron chi connectivity index (χ4n) is 5.83. The van der Waals surface area contributed by atoms with Crippen molar-refractivity contribution in [2.75, 3.05) is 38.0 Å². The number of benzene rings is 3. The van der Waals surface area contributed by atoms with E-state index in [2.05, 4.69) is 20.5 Å². The van der Waals surface area contributed by atoms with Crippen molar-refractivity contribution in [1.29, 1.82) is 0 Å². The average molecular weight is 587 g/mol. The highest BCUT2D eigenvalue weighted by Crippen LogP contribution is 2.35. The number of likely N-dealkylation sites (tertiary alicyclic amines) is 1. The molecular weight excluding hydrogens is 559 g/mol. The molecule has 3 aromatic carbocycles. The Labute approximate surface area is 241 Å². The quantitative estimate of drug-likeness (QED) is 0.0988. The molecule has 6 aromatic rings. The minimum atomic E-state index is -0.668. The van der Waals surface area contributed by atoms with E-state index >= 15 is 4.39 Å². The molecule has 4 heterocycles. The van der Waals surface area contributed by atoms with Crippen LogP contribution in [0.4, 0.5) is 15.8 Å². The van der Waals surface area contributed by atoms with E-state index in [4.69, 9.17) is 8.83 Å². The lowest BCUT2D eigenvalue weighted by atomic mass is 10.1. The van der Waals surface area contributed by atoms with E-state index in [9.17, 15) is 19.7 Å². The number of aromatic nitrogens is 2. The highest BCUT2D eigenvalue weighted by molar-refractivity contribution is 6.06. The van der Waals surface area contributed by atoms with Crippen molar-refractivity contribution in [3.8, 4) is 0 Å². The van der Waals surface area contributed by atoms with Crippen molar-refractivity contribution in [3.05, 3.63) is 74.3 Å². The van der Waals surface area contributed by atoms with Gasteiger partial charge in [0.25, 0.3) is 11.6 Å². The number of pyridine rings is 1. The van der Waals surface area contributed by atoms with Crippen LogP contribution in [0.3, 0.4) is 0 Å². The normalized spacial score (nSPS) is 14.0. The first kappa shape index (κ1) is 26.7. The third-order valence-corrected chi connectivity index (χ3v) is 7.90. The van der Waals surface area contributed by atoms with Gasteiger partial charge in [-0.25, -0.2) is 4.39 Å². The Morgan fingerprint density at radius 2 is 1.88 bits per heavy atom. The number of carbonyl (C=O) groups excluding carboxylic acids is 1. The molecule has 220 valence electrons. The molecular formula is C30H27FN6O6. The molecule has 1 fully saturated rings. The molecule has 13 heteroatoms. The second-order valence-electron chi connectivity index (χ2n) is 10.6. The number of H-pyrrole nitrogens is 1. The zero-order chi connectivity index (χ0) is 29.8. The molecule has 0 atom stereocenters. The van der Waals surface area contributed by atoms with Gasteiger partial charge in [-0.3, -0.25) is 19.7 Å². The molecule has 1 aliphatic heterocycles. The summed E-state index contributed by atoms with van der Waals surface area (Å²) in [5.74, 6) is -1.25. The van der Waals surface area contributed by atoms with E-state index < -0.39 is 22.1 Å². The van der Waals surface area contributed by atoms with E-state index in [-0.39, 0.29) is 33.5 Å². The number of non-ortho nitro benzene ring substituents is 1. The second-order valence-corrected chi connectivity index (χ2v) is 10.6. The van der Waals surface area contributed by atoms with Crippen LogP contribution in [0.15, 0.2) is 56.2 Å². The number of aromatic amines is 1. The van der Waals surface area contributed by atoms with Gasteiger partial charge < -0.3 is 33.8 Å².